The minimum absolute atomic E-state index is 0.0542. The second kappa shape index (κ2) is 8.12. The van der Waals surface area contributed by atoms with E-state index in [0.717, 1.165) is 36.4 Å². The summed E-state index contributed by atoms with van der Waals surface area (Å²) < 4.78 is 10.9. The van der Waals surface area contributed by atoms with Gasteiger partial charge < -0.3 is 14.4 Å². The van der Waals surface area contributed by atoms with Crippen LogP contribution in [0.4, 0.5) is 5.69 Å². The van der Waals surface area contributed by atoms with Crippen molar-refractivity contribution in [3.63, 3.8) is 0 Å². The van der Waals surface area contributed by atoms with Gasteiger partial charge in [-0.3, -0.25) is 9.78 Å². The lowest BCUT2D eigenvalue weighted by Gasteiger charge is -2.33. The lowest BCUT2D eigenvalue weighted by Crippen LogP contribution is -2.42. The summed E-state index contributed by atoms with van der Waals surface area (Å²) in [4.78, 5) is 19.1. The molecule has 0 spiro atoms. The molecule has 1 aromatic carbocycles. The maximum absolute atomic E-state index is 13.2. The number of hydrogen-bond donors (Lipinski definition) is 0. The Balaban J connectivity index is 1.85. The van der Waals surface area contributed by atoms with Crippen molar-refractivity contribution in [3.05, 3.63) is 54.4 Å². The number of amides is 1. The Bertz CT molecular complexity index is 688. The number of pyridine rings is 1. The van der Waals surface area contributed by atoms with Crippen molar-refractivity contribution in [2.45, 2.75) is 32.4 Å². The monoisotopic (exact) mass is 340 g/mol. The zero-order valence-corrected chi connectivity index (χ0v) is 14.7. The van der Waals surface area contributed by atoms with Gasteiger partial charge in [-0.1, -0.05) is 12.1 Å². The average molecular weight is 340 g/mol. The molecule has 0 bridgehead atoms. The predicted octanol–water partition coefficient (Wildman–Crippen LogP) is 3.44. The summed E-state index contributed by atoms with van der Waals surface area (Å²) in [7, 11) is 1.65. The Labute approximate surface area is 148 Å². The second-order valence-corrected chi connectivity index (χ2v) is 6.30. The molecule has 0 radical (unpaired) electrons. The molecule has 1 saturated heterocycles. The molecular formula is C20H24N2O3. The number of anilines is 1. The van der Waals surface area contributed by atoms with Crippen molar-refractivity contribution in [1.82, 2.24) is 4.98 Å². The lowest BCUT2D eigenvalue weighted by molar-refractivity contribution is -0.130. The summed E-state index contributed by atoms with van der Waals surface area (Å²) >= 11 is 0. The third-order valence-electron chi connectivity index (χ3n) is 4.66. The normalized spacial score (nSPS) is 20.1. The first-order chi connectivity index (χ1) is 12.2. The van der Waals surface area contributed by atoms with Gasteiger partial charge in [0.1, 0.15) is 5.75 Å². The van der Waals surface area contributed by atoms with Crippen LogP contribution < -0.4 is 9.64 Å². The van der Waals surface area contributed by atoms with Crippen molar-refractivity contribution in [3.8, 4) is 5.75 Å². The van der Waals surface area contributed by atoms with E-state index < -0.39 is 0 Å². The van der Waals surface area contributed by atoms with Gasteiger partial charge in [0.25, 0.3) is 0 Å². The van der Waals surface area contributed by atoms with Gasteiger partial charge >= 0.3 is 0 Å². The van der Waals surface area contributed by atoms with E-state index in [1.165, 1.54) is 0 Å². The molecule has 2 heterocycles. The molecule has 1 aliphatic rings. The van der Waals surface area contributed by atoms with Crippen LogP contribution in [0, 0.1) is 5.92 Å². The van der Waals surface area contributed by atoms with Crippen LogP contribution in [0.5, 0.6) is 5.75 Å². The maximum Gasteiger partial charge on any atom is 0.233 e. The summed E-state index contributed by atoms with van der Waals surface area (Å²) in [5, 5.41) is 0. The molecule has 1 fully saturated rings. The number of benzene rings is 1. The number of rotatable bonds is 5. The van der Waals surface area contributed by atoms with Gasteiger partial charge in [0.15, 0.2) is 0 Å². The highest BCUT2D eigenvalue weighted by Crippen LogP contribution is 2.27. The number of carbonyl (C=O) groups is 1. The fourth-order valence-corrected chi connectivity index (χ4v) is 3.18. The SMILES string of the molecule is COc1ccc(CN(C(=O)[C@@H]2CCCO[C@@H]2C)c2ccncc2)cc1. The summed E-state index contributed by atoms with van der Waals surface area (Å²) in [5.74, 6) is 0.800. The van der Waals surface area contributed by atoms with Gasteiger partial charge in [-0.15, -0.1) is 0 Å². The largest absolute Gasteiger partial charge is 0.497 e. The Morgan fingerprint density at radius 2 is 1.96 bits per heavy atom. The van der Waals surface area contributed by atoms with Crippen LogP contribution in [0.2, 0.25) is 0 Å². The van der Waals surface area contributed by atoms with E-state index in [1.807, 2.05) is 48.2 Å². The van der Waals surface area contributed by atoms with E-state index in [9.17, 15) is 4.79 Å². The van der Waals surface area contributed by atoms with Gasteiger partial charge in [0, 0.05) is 24.7 Å². The number of hydrogen-bond acceptors (Lipinski definition) is 4. The molecule has 1 aromatic heterocycles. The Kier molecular flexibility index (Phi) is 5.66. The van der Waals surface area contributed by atoms with Gasteiger partial charge in [-0.25, -0.2) is 0 Å². The Morgan fingerprint density at radius 1 is 1.24 bits per heavy atom. The van der Waals surface area contributed by atoms with Crippen molar-refractivity contribution in [1.29, 1.82) is 0 Å². The molecule has 1 amide bonds. The standard InChI is InChI=1S/C20H24N2O3/c1-15-19(4-3-13-25-15)20(23)22(17-9-11-21-12-10-17)14-16-5-7-18(24-2)8-6-16/h5-12,15,19H,3-4,13-14H2,1-2H3/t15-,19-/m1/s1. The molecule has 0 unspecified atom stereocenters. The lowest BCUT2D eigenvalue weighted by atomic mass is 9.93. The first kappa shape index (κ1) is 17.4. The summed E-state index contributed by atoms with van der Waals surface area (Å²) in [6.07, 6.45) is 5.16. The van der Waals surface area contributed by atoms with Crippen molar-refractivity contribution >= 4 is 11.6 Å². The first-order valence-corrected chi connectivity index (χ1v) is 8.65. The topological polar surface area (TPSA) is 51.7 Å². The number of ether oxygens (including phenoxy) is 2. The van der Waals surface area contributed by atoms with Crippen LogP contribution in [0.15, 0.2) is 48.8 Å². The summed E-state index contributed by atoms with van der Waals surface area (Å²) in [6, 6.07) is 11.5. The van der Waals surface area contributed by atoms with Crippen LogP contribution in [0.3, 0.4) is 0 Å². The van der Waals surface area contributed by atoms with Crippen molar-refractivity contribution in [2.24, 2.45) is 5.92 Å². The zero-order valence-electron chi connectivity index (χ0n) is 14.7. The molecule has 3 rings (SSSR count). The predicted molar refractivity (Wildman–Crippen MR) is 96.6 cm³/mol. The molecule has 2 aromatic rings. The number of aromatic nitrogens is 1. The fraction of sp³-hybridized carbons (Fsp3) is 0.400. The van der Waals surface area contributed by atoms with Crippen LogP contribution in [-0.2, 0) is 16.1 Å². The molecule has 5 nitrogen and oxygen atoms in total. The molecule has 1 aliphatic heterocycles. The summed E-state index contributed by atoms with van der Waals surface area (Å²) in [6.45, 7) is 3.23. The Morgan fingerprint density at radius 3 is 2.60 bits per heavy atom. The quantitative estimate of drug-likeness (QED) is 0.837. The van der Waals surface area contributed by atoms with E-state index in [1.54, 1.807) is 19.5 Å². The third-order valence-corrected chi connectivity index (χ3v) is 4.66. The van der Waals surface area contributed by atoms with Gasteiger partial charge in [-0.2, -0.15) is 0 Å². The second-order valence-electron chi connectivity index (χ2n) is 6.30. The minimum atomic E-state index is -0.111. The molecule has 0 N–H and O–H groups in total. The van der Waals surface area contributed by atoms with Gasteiger partial charge in [0.2, 0.25) is 5.91 Å². The molecule has 2 atom stereocenters. The highest BCUT2D eigenvalue weighted by molar-refractivity contribution is 5.95. The van der Waals surface area contributed by atoms with Crippen LogP contribution in [-0.4, -0.2) is 30.7 Å². The number of nitrogens with zero attached hydrogens (tertiary/aromatic N) is 2. The molecule has 0 aliphatic carbocycles. The molecule has 5 heteroatoms. The summed E-state index contributed by atoms with van der Waals surface area (Å²) in [5.41, 5.74) is 1.91. The van der Waals surface area contributed by atoms with E-state index >= 15 is 0 Å². The average Bonchev–Trinajstić information content (AvgIpc) is 2.67. The van der Waals surface area contributed by atoms with Gasteiger partial charge in [-0.05, 0) is 49.6 Å². The molecule has 132 valence electrons. The molecule has 0 saturated carbocycles. The van der Waals surface area contributed by atoms with Crippen LogP contribution in [0.1, 0.15) is 25.3 Å². The van der Waals surface area contributed by atoms with Crippen LogP contribution >= 0.6 is 0 Å². The van der Waals surface area contributed by atoms with E-state index in [2.05, 4.69) is 4.98 Å². The van der Waals surface area contributed by atoms with Gasteiger partial charge in [0.05, 0.1) is 25.7 Å². The first-order valence-electron chi connectivity index (χ1n) is 8.65. The molecule has 25 heavy (non-hydrogen) atoms. The van der Waals surface area contributed by atoms with Crippen molar-refractivity contribution < 1.29 is 14.3 Å². The number of methoxy groups -OCH3 is 1. The molecular weight excluding hydrogens is 316 g/mol. The zero-order chi connectivity index (χ0) is 17.6. The highest BCUT2D eigenvalue weighted by atomic mass is 16.5. The smallest absolute Gasteiger partial charge is 0.233 e. The number of carbonyl (C=O) groups excluding carboxylic acids is 1. The van der Waals surface area contributed by atoms with E-state index in [0.29, 0.717) is 6.54 Å². The highest BCUT2D eigenvalue weighted by Gasteiger charge is 2.32. The van der Waals surface area contributed by atoms with E-state index in [4.69, 9.17) is 9.47 Å². The fourth-order valence-electron chi connectivity index (χ4n) is 3.18. The minimum Gasteiger partial charge on any atom is -0.497 e. The third kappa shape index (κ3) is 4.17. The van der Waals surface area contributed by atoms with E-state index in [-0.39, 0.29) is 17.9 Å². The van der Waals surface area contributed by atoms with Crippen LogP contribution in [0.25, 0.3) is 0 Å². The maximum atomic E-state index is 13.2. The Hall–Kier alpha value is -2.40. The van der Waals surface area contributed by atoms with Crippen molar-refractivity contribution in [2.75, 3.05) is 18.6 Å².